The molecule has 2 N–H and O–H groups in total. The fraction of sp³-hybridized carbons (Fsp3) is 0.667. The van der Waals surface area contributed by atoms with Crippen LogP contribution in [0.4, 0.5) is 0 Å². The quantitative estimate of drug-likeness (QED) is 0.829. The van der Waals surface area contributed by atoms with Crippen molar-refractivity contribution < 1.29 is 4.79 Å². The summed E-state index contributed by atoms with van der Waals surface area (Å²) < 4.78 is 0. The number of H-pyrrole nitrogens is 1. The van der Waals surface area contributed by atoms with Gasteiger partial charge in [0.2, 0.25) is 0 Å². The third-order valence-electron chi connectivity index (χ3n) is 1.82. The summed E-state index contributed by atoms with van der Waals surface area (Å²) >= 11 is 0. The van der Waals surface area contributed by atoms with E-state index in [9.17, 15) is 4.79 Å². The maximum atomic E-state index is 11.0. The van der Waals surface area contributed by atoms with E-state index in [0.29, 0.717) is 6.42 Å². The molecule has 0 aliphatic rings. The minimum absolute atomic E-state index is 0.106. The van der Waals surface area contributed by atoms with Gasteiger partial charge < -0.3 is 10.3 Å². The molecule has 0 radical (unpaired) electrons. The van der Waals surface area contributed by atoms with Crippen molar-refractivity contribution in [3.05, 3.63) is 18.2 Å². The van der Waals surface area contributed by atoms with Crippen molar-refractivity contribution in [1.82, 2.24) is 15.3 Å². The molecule has 1 aromatic heterocycles. The number of hydrogen-bond donors (Lipinski definition) is 2. The molecular formula is C12H25N3O. The smallest absolute Gasteiger partial charge is 0.147 e. The fourth-order valence-corrected chi connectivity index (χ4v) is 1.07. The summed E-state index contributed by atoms with van der Waals surface area (Å²) in [7, 11) is 1.78. The van der Waals surface area contributed by atoms with Crippen LogP contribution in [0.1, 0.15) is 40.3 Å². The van der Waals surface area contributed by atoms with Crippen LogP contribution in [0.2, 0.25) is 0 Å². The zero-order valence-electron chi connectivity index (χ0n) is 11.3. The van der Waals surface area contributed by atoms with Gasteiger partial charge in [-0.25, -0.2) is 4.98 Å². The lowest BCUT2D eigenvalue weighted by Gasteiger charge is -2.10. The first-order chi connectivity index (χ1) is 7.74. The standard InChI is InChI=1S/C8H13N3O.2C2H6/c1-6(12)8(9-2)3-7-4-10-5-11-7;2*1-2/h4-5,8-9H,3H2,1-2H3,(H,10,11);2*1-2H3. The number of carbonyl (C=O) groups excluding carboxylic acids is 1. The second kappa shape index (κ2) is 11.9. The van der Waals surface area contributed by atoms with E-state index in [1.54, 1.807) is 26.5 Å². The molecule has 0 aromatic carbocycles. The predicted molar refractivity (Wildman–Crippen MR) is 68.5 cm³/mol. The van der Waals surface area contributed by atoms with E-state index in [1.165, 1.54) is 0 Å². The van der Waals surface area contributed by atoms with E-state index in [-0.39, 0.29) is 11.8 Å². The van der Waals surface area contributed by atoms with Gasteiger partial charge in [-0.3, -0.25) is 4.79 Å². The SMILES string of the molecule is CC.CC.CNC(Cc1cnc[nH]1)C(C)=O. The topological polar surface area (TPSA) is 57.8 Å². The Morgan fingerprint density at radius 3 is 2.31 bits per heavy atom. The molecule has 1 heterocycles. The van der Waals surface area contributed by atoms with Gasteiger partial charge in [-0.15, -0.1) is 0 Å². The molecular weight excluding hydrogens is 202 g/mol. The number of imidazole rings is 1. The lowest BCUT2D eigenvalue weighted by molar-refractivity contribution is -0.118. The molecule has 0 aliphatic heterocycles. The van der Waals surface area contributed by atoms with E-state index in [2.05, 4.69) is 15.3 Å². The monoisotopic (exact) mass is 227 g/mol. The number of nitrogens with zero attached hydrogens (tertiary/aromatic N) is 1. The van der Waals surface area contributed by atoms with Gasteiger partial charge in [0.1, 0.15) is 5.78 Å². The molecule has 0 amide bonds. The molecule has 1 aromatic rings. The molecule has 0 saturated carbocycles. The molecule has 1 rings (SSSR count). The van der Waals surface area contributed by atoms with Crippen LogP contribution in [0, 0.1) is 0 Å². The highest BCUT2D eigenvalue weighted by Crippen LogP contribution is 1.98. The normalized spacial score (nSPS) is 10.4. The molecule has 1 atom stereocenters. The Balaban J connectivity index is 0. The minimum Gasteiger partial charge on any atom is -0.348 e. The lowest BCUT2D eigenvalue weighted by atomic mass is 10.1. The van der Waals surface area contributed by atoms with Gasteiger partial charge in [-0.05, 0) is 14.0 Å². The van der Waals surface area contributed by atoms with Gasteiger partial charge in [0, 0.05) is 18.3 Å². The fourth-order valence-electron chi connectivity index (χ4n) is 1.07. The highest BCUT2D eigenvalue weighted by molar-refractivity contribution is 5.81. The summed E-state index contributed by atoms with van der Waals surface area (Å²) in [5.41, 5.74) is 0.976. The number of ketones is 1. The predicted octanol–water partition coefficient (Wildman–Crippen LogP) is 2.18. The first-order valence-electron chi connectivity index (χ1n) is 5.89. The number of rotatable bonds is 4. The number of carbonyl (C=O) groups is 1. The van der Waals surface area contributed by atoms with Crippen molar-refractivity contribution in [3.8, 4) is 0 Å². The van der Waals surface area contributed by atoms with E-state index in [0.717, 1.165) is 5.69 Å². The number of aromatic nitrogens is 2. The zero-order chi connectivity index (χ0) is 13.0. The van der Waals surface area contributed by atoms with Crippen LogP contribution in [-0.4, -0.2) is 28.8 Å². The number of Topliss-reactive ketones (excluding diaryl/α,β-unsaturated/α-hetero) is 1. The molecule has 0 bridgehead atoms. The minimum atomic E-state index is -0.106. The molecule has 0 fully saturated rings. The van der Waals surface area contributed by atoms with Crippen LogP contribution in [0.3, 0.4) is 0 Å². The highest BCUT2D eigenvalue weighted by Gasteiger charge is 2.12. The van der Waals surface area contributed by atoms with Crippen molar-refractivity contribution in [1.29, 1.82) is 0 Å². The van der Waals surface area contributed by atoms with E-state index in [4.69, 9.17) is 0 Å². The molecule has 1 unspecified atom stereocenters. The first-order valence-corrected chi connectivity index (χ1v) is 5.89. The summed E-state index contributed by atoms with van der Waals surface area (Å²) in [4.78, 5) is 17.8. The van der Waals surface area contributed by atoms with Gasteiger partial charge in [-0.2, -0.15) is 0 Å². The second-order valence-electron chi connectivity index (χ2n) is 2.73. The van der Waals surface area contributed by atoms with Gasteiger partial charge in [0.15, 0.2) is 0 Å². The van der Waals surface area contributed by atoms with Crippen molar-refractivity contribution >= 4 is 5.78 Å². The third kappa shape index (κ3) is 7.17. The molecule has 4 heteroatoms. The Labute approximate surface area is 98.9 Å². The van der Waals surface area contributed by atoms with Crippen molar-refractivity contribution in [2.24, 2.45) is 0 Å². The van der Waals surface area contributed by atoms with Crippen molar-refractivity contribution in [2.45, 2.75) is 47.1 Å². The van der Waals surface area contributed by atoms with Crippen LogP contribution in [0.5, 0.6) is 0 Å². The zero-order valence-corrected chi connectivity index (χ0v) is 11.3. The summed E-state index contributed by atoms with van der Waals surface area (Å²) in [5, 5.41) is 2.94. The Morgan fingerprint density at radius 1 is 1.44 bits per heavy atom. The average Bonchev–Trinajstić information content (AvgIpc) is 2.83. The first kappa shape index (κ1) is 17.2. The van der Waals surface area contributed by atoms with Gasteiger partial charge in [0.25, 0.3) is 0 Å². The van der Waals surface area contributed by atoms with Crippen LogP contribution >= 0.6 is 0 Å². The maximum Gasteiger partial charge on any atom is 0.147 e. The average molecular weight is 227 g/mol. The Morgan fingerprint density at radius 2 is 2.00 bits per heavy atom. The second-order valence-corrected chi connectivity index (χ2v) is 2.73. The van der Waals surface area contributed by atoms with Crippen LogP contribution < -0.4 is 5.32 Å². The van der Waals surface area contributed by atoms with Crippen LogP contribution in [-0.2, 0) is 11.2 Å². The van der Waals surface area contributed by atoms with E-state index >= 15 is 0 Å². The largest absolute Gasteiger partial charge is 0.348 e. The summed E-state index contributed by atoms with van der Waals surface area (Å²) in [6, 6.07) is -0.106. The van der Waals surface area contributed by atoms with Gasteiger partial charge >= 0.3 is 0 Å². The summed E-state index contributed by atoms with van der Waals surface area (Å²) in [5.74, 6) is 0.145. The number of likely N-dealkylation sites (N-methyl/N-ethyl adjacent to an activating group) is 1. The van der Waals surface area contributed by atoms with Gasteiger partial charge in [0.05, 0.1) is 12.4 Å². The van der Waals surface area contributed by atoms with Crippen LogP contribution in [0.25, 0.3) is 0 Å². The summed E-state index contributed by atoms with van der Waals surface area (Å²) in [6.45, 7) is 9.58. The van der Waals surface area contributed by atoms with Crippen molar-refractivity contribution in [3.63, 3.8) is 0 Å². The highest BCUT2D eigenvalue weighted by atomic mass is 16.1. The van der Waals surface area contributed by atoms with Crippen molar-refractivity contribution in [2.75, 3.05) is 7.05 Å². The molecule has 0 spiro atoms. The Bertz CT molecular complexity index is 245. The van der Waals surface area contributed by atoms with E-state index < -0.39 is 0 Å². The number of hydrogen-bond acceptors (Lipinski definition) is 3. The summed E-state index contributed by atoms with van der Waals surface area (Å²) in [6.07, 6.45) is 4.02. The number of aromatic amines is 1. The Hall–Kier alpha value is -1.16. The Kier molecular flexibility index (Phi) is 12.8. The maximum absolute atomic E-state index is 11.0. The lowest BCUT2D eigenvalue weighted by Crippen LogP contribution is -2.34. The van der Waals surface area contributed by atoms with E-state index in [1.807, 2.05) is 27.7 Å². The third-order valence-corrected chi connectivity index (χ3v) is 1.82. The molecule has 16 heavy (non-hydrogen) atoms. The van der Waals surface area contributed by atoms with Gasteiger partial charge in [-0.1, -0.05) is 27.7 Å². The molecule has 4 nitrogen and oxygen atoms in total. The molecule has 0 saturated heterocycles. The van der Waals surface area contributed by atoms with Crippen LogP contribution in [0.15, 0.2) is 12.5 Å². The molecule has 0 aliphatic carbocycles. The molecule has 94 valence electrons. The number of nitrogens with one attached hydrogen (secondary N) is 2.